The Morgan fingerprint density at radius 1 is 0.824 bits per heavy atom. The van der Waals surface area contributed by atoms with Gasteiger partial charge in [-0.1, -0.05) is 54.6 Å². The Morgan fingerprint density at radius 2 is 1.56 bits per heavy atom. The molecule has 0 saturated carbocycles. The molecule has 0 unspecified atom stereocenters. The summed E-state index contributed by atoms with van der Waals surface area (Å²) >= 11 is 0. The van der Waals surface area contributed by atoms with Gasteiger partial charge in [0.15, 0.2) is 0 Å². The molecule has 34 heavy (non-hydrogen) atoms. The van der Waals surface area contributed by atoms with E-state index < -0.39 is 0 Å². The van der Waals surface area contributed by atoms with Gasteiger partial charge in [-0.3, -0.25) is 9.69 Å². The van der Waals surface area contributed by atoms with Crippen LogP contribution in [0, 0.1) is 0 Å². The van der Waals surface area contributed by atoms with Gasteiger partial charge < -0.3 is 10.6 Å². The number of benzene rings is 3. The SMILES string of the molecule is O=C(Cc1ccc(NC(=O)N2CCCCc3ccccc32)cc1)N[C@@H]1CCCc2ccccc21. The summed E-state index contributed by atoms with van der Waals surface area (Å²) in [5.74, 6) is 0.0275. The minimum atomic E-state index is -0.115. The Bertz CT molecular complexity index is 1170. The first-order chi connectivity index (χ1) is 16.7. The highest BCUT2D eigenvalue weighted by Gasteiger charge is 2.22. The van der Waals surface area contributed by atoms with E-state index in [4.69, 9.17) is 0 Å². The quantitative estimate of drug-likeness (QED) is 0.525. The maximum atomic E-state index is 13.0. The molecule has 0 fully saturated rings. The summed E-state index contributed by atoms with van der Waals surface area (Å²) in [5.41, 5.74) is 6.46. The van der Waals surface area contributed by atoms with Gasteiger partial charge in [0.05, 0.1) is 12.5 Å². The molecule has 5 rings (SSSR count). The second kappa shape index (κ2) is 10.1. The highest BCUT2D eigenvalue weighted by molar-refractivity contribution is 6.02. The van der Waals surface area contributed by atoms with Crippen LogP contribution in [-0.4, -0.2) is 18.5 Å². The van der Waals surface area contributed by atoms with Crippen molar-refractivity contribution < 1.29 is 9.59 Å². The van der Waals surface area contributed by atoms with E-state index in [1.807, 2.05) is 53.4 Å². The fourth-order valence-corrected chi connectivity index (χ4v) is 5.13. The lowest BCUT2D eigenvalue weighted by molar-refractivity contribution is -0.121. The van der Waals surface area contributed by atoms with Gasteiger partial charge in [0.2, 0.25) is 5.91 Å². The smallest absolute Gasteiger partial charge is 0.326 e. The van der Waals surface area contributed by atoms with Crippen LogP contribution in [0.3, 0.4) is 0 Å². The molecule has 2 N–H and O–H groups in total. The maximum absolute atomic E-state index is 13.0. The van der Waals surface area contributed by atoms with Crippen LogP contribution in [-0.2, 0) is 24.1 Å². The second-order valence-electron chi connectivity index (χ2n) is 9.25. The molecule has 1 heterocycles. The Kier molecular flexibility index (Phi) is 6.61. The van der Waals surface area contributed by atoms with Crippen molar-refractivity contribution in [3.8, 4) is 0 Å². The molecule has 5 heteroatoms. The predicted molar refractivity (Wildman–Crippen MR) is 136 cm³/mol. The van der Waals surface area contributed by atoms with Crippen LogP contribution in [0.15, 0.2) is 72.8 Å². The molecule has 0 bridgehead atoms. The van der Waals surface area contributed by atoms with Crippen molar-refractivity contribution >= 4 is 23.3 Å². The third-order valence-electron chi connectivity index (χ3n) is 6.88. The molecule has 5 nitrogen and oxygen atoms in total. The lowest BCUT2D eigenvalue weighted by Crippen LogP contribution is -2.35. The van der Waals surface area contributed by atoms with E-state index in [1.54, 1.807) is 0 Å². The van der Waals surface area contributed by atoms with Crippen molar-refractivity contribution in [1.82, 2.24) is 5.32 Å². The van der Waals surface area contributed by atoms with E-state index in [1.165, 1.54) is 16.7 Å². The number of nitrogens with zero attached hydrogens (tertiary/aromatic N) is 1. The molecule has 1 aliphatic carbocycles. The lowest BCUT2D eigenvalue weighted by Gasteiger charge is -2.26. The van der Waals surface area contributed by atoms with Gasteiger partial charge in [-0.15, -0.1) is 0 Å². The van der Waals surface area contributed by atoms with Gasteiger partial charge in [-0.05, 0) is 79.0 Å². The first-order valence-corrected chi connectivity index (χ1v) is 12.3. The van der Waals surface area contributed by atoms with Gasteiger partial charge in [-0.25, -0.2) is 4.79 Å². The topological polar surface area (TPSA) is 61.4 Å². The summed E-state index contributed by atoms with van der Waals surface area (Å²) in [6.07, 6.45) is 6.56. The van der Waals surface area contributed by atoms with Crippen LogP contribution in [0.1, 0.15) is 54.0 Å². The molecule has 0 radical (unpaired) electrons. The van der Waals surface area contributed by atoms with Crippen LogP contribution in [0.2, 0.25) is 0 Å². The number of para-hydroxylation sites is 1. The number of hydrogen-bond donors (Lipinski definition) is 2. The third-order valence-corrected chi connectivity index (χ3v) is 6.88. The molecule has 1 atom stereocenters. The summed E-state index contributed by atoms with van der Waals surface area (Å²) in [7, 11) is 0. The molecule has 0 aromatic heterocycles. The number of hydrogen-bond acceptors (Lipinski definition) is 2. The van der Waals surface area contributed by atoms with E-state index in [2.05, 4.69) is 34.9 Å². The van der Waals surface area contributed by atoms with Gasteiger partial charge >= 0.3 is 6.03 Å². The first kappa shape index (κ1) is 22.2. The van der Waals surface area contributed by atoms with Crippen molar-refractivity contribution in [2.45, 2.75) is 51.0 Å². The fraction of sp³-hybridized carbons (Fsp3) is 0.310. The fourth-order valence-electron chi connectivity index (χ4n) is 5.13. The molecule has 3 aromatic carbocycles. The summed E-state index contributed by atoms with van der Waals surface area (Å²) in [5, 5.41) is 6.24. The van der Waals surface area contributed by atoms with E-state index in [0.29, 0.717) is 13.0 Å². The predicted octanol–water partition coefficient (Wildman–Crippen LogP) is 5.80. The van der Waals surface area contributed by atoms with Crippen LogP contribution >= 0.6 is 0 Å². The van der Waals surface area contributed by atoms with E-state index in [0.717, 1.165) is 55.5 Å². The largest absolute Gasteiger partial charge is 0.349 e. The highest BCUT2D eigenvalue weighted by Crippen LogP contribution is 2.30. The number of aryl methyl sites for hydroxylation is 2. The van der Waals surface area contributed by atoms with Gasteiger partial charge in [0.1, 0.15) is 0 Å². The maximum Gasteiger partial charge on any atom is 0.326 e. The zero-order valence-electron chi connectivity index (χ0n) is 19.4. The number of rotatable bonds is 4. The average Bonchev–Trinajstić information content (AvgIpc) is 3.08. The number of urea groups is 1. The molecule has 0 saturated heterocycles. The average molecular weight is 454 g/mol. The minimum Gasteiger partial charge on any atom is -0.349 e. The van der Waals surface area contributed by atoms with Crippen molar-refractivity contribution in [1.29, 1.82) is 0 Å². The molecular weight excluding hydrogens is 422 g/mol. The monoisotopic (exact) mass is 453 g/mol. The number of amides is 3. The van der Waals surface area contributed by atoms with Crippen molar-refractivity contribution in [2.75, 3.05) is 16.8 Å². The Hall–Kier alpha value is -3.60. The van der Waals surface area contributed by atoms with Crippen LogP contribution in [0.5, 0.6) is 0 Å². The third kappa shape index (κ3) is 4.98. The molecule has 174 valence electrons. The van der Waals surface area contributed by atoms with Crippen LogP contribution in [0.4, 0.5) is 16.2 Å². The number of nitrogens with one attached hydrogen (secondary N) is 2. The van der Waals surface area contributed by atoms with Crippen LogP contribution < -0.4 is 15.5 Å². The minimum absolute atomic E-state index is 0.0275. The Balaban J connectivity index is 1.19. The van der Waals surface area contributed by atoms with E-state index >= 15 is 0 Å². The summed E-state index contributed by atoms with van der Waals surface area (Å²) in [6, 6.07) is 24.1. The Labute approximate surface area is 201 Å². The van der Waals surface area contributed by atoms with E-state index in [-0.39, 0.29) is 18.0 Å². The first-order valence-electron chi connectivity index (χ1n) is 12.3. The van der Waals surface area contributed by atoms with Crippen molar-refractivity contribution in [2.24, 2.45) is 0 Å². The van der Waals surface area contributed by atoms with Gasteiger partial charge in [0.25, 0.3) is 0 Å². The summed E-state index contributed by atoms with van der Waals surface area (Å²) < 4.78 is 0. The van der Waals surface area contributed by atoms with Crippen molar-refractivity contribution in [3.05, 3.63) is 95.1 Å². The number of carbonyl (C=O) groups is 2. The molecule has 1 aliphatic heterocycles. The molecule has 3 aromatic rings. The highest BCUT2D eigenvalue weighted by atomic mass is 16.2. The zero-order chi connectivity index (χ0) is 23.3. The number of carbonyl (C=O) groups excluding carboxylic acids is 2. The van der Waals surface area contributed by atoms with Gasteiger partial charge in [0, 0.05) is 17.9 Å². The lowest BCUT2D eigenvalue weighted by atomic mass is 9.87. The van der Waals surface area contributed by atoms with Crippen molar-refractivity contribution in [3.63, 3.8) is 0 Å². The molecule has 3 amide bonds. The second-order valence-corrected chi connectivity index (χ2v) is 9.25. The molecule has 0 spiro atoms. The van der Waals surface area contributed by atoms with E-state index in [9.17, 15) is 9.59 Å². The zero-order valence-corrected chi connectivity index (χ0v) is 19.4. The van der Waals surface area contributed by atoms with Crippen LogP contribution in [0.25, 0.3) is 0 Å². The van der Waals surface area contributed by atoms with Gasteiger partial charge in [-0.2, -0.15) is 0 Å². The molecular formula is C29H31N3O2. The normalized spacial score (nSPS) is 17.2. The number of anilines is 2. The summed E-state index contributed by atoms with van der Waals surface area (Å²) in [6.45, 7) is 0.714. The Morgan fingerprint density at radius 3 is 2.41 bits per heavy atom. The number of fused-ring (bicyclic) bond motifs is 2. The summed E-state index contributed by atoms with van der Waals surface area (Å²) in [4.78, 5) is 27.6. The molecule has 2 aliphatic rings. The standard InChI is InChI=1S/C29H31N3O2/c33-28(31-26-13-7-11-22-8-1-3-12-25(22)26)20-21-15-17-24(18-16-21)30-29(34)32-19-6-5-10-23-9-2-4-14-27(23)32/h1-4,8-9,12,14-18,26H,5-7,10-11,13,19-20H2,(H,30,34)(H,31,33)/t26-/m1/s1.